The molecule has 0 bridgehead atoms. The molecule has 0 aromatic carbocycles. The molecule has 24 heavy (non-hydrogen) atoms. The van der Waals surface area contributed by atoms with Gasteiger partial charge in [-0.25, -0.2) is 9.48 Å². The number of carbonyl (C=O) groups is 2. The van der Waals surface area contributed by atoms with E-state index in [1.165, 1.54) is 16.7 Å². The van der Waals surface area contributed by atoms with Gasteiger partial charge in [-0.15, -0.1) is 16.9 Å². The van der Waals surface area contributed by atoms with Crippen LogP contribution in [0.15, 0.2) is 16.4 Å². The molecule has 0 saturated carbocycles. The number of hydrogen-bond acceptors (Lipinski definition) is 9. The highest BCUT2D eigenvalue weighted by Gasteiger charge is 2.52. The predicted molar refractivity (Wildman–Crippen MR) is 88.8 cm³/mol. The molecule has 3 rings (SSSR count). The number of aryl methyl sites for hydroxylation is 1. The van der Waals surface area contributed by atoms with Crippen molar-refractivity contribution in [3.63, 3.8) is 0 Å². The number of nitrogens with two attached hydrogens (primary N) is 1. The monoisotopic (exact) mass is 370 g/mol. The third-order valence-electron chi connectivity index (χ3n) is 3.58. The summed E-state index contributed by atoms with van der Waals surface area (Å²) in [4.78, 5) is 26.1. The topological polar surface area (TPSA) is 116 Å². The van der Waals surface area contributed by atoms with E-state index in [0.717, 1.165) is 5.57 Å². The summed E-state index contributed by atoms with van der Waals surface area (Å²) in [6.45, 7) is 3.55. The summed E-state index contributed by atoms with van der Waals surface area (Å²) in [6.07, 6.45) is -0.264. The maximum absolute atomic E-state index is 12.5. The second-order valence-electron chi connectivity index (χ2n) is 5.72. The number of amides is 1. The minimum absolute atomic E-state index is 0.197. The van der Waals surface area contributed by atoms with Crippen molar-refractivity contribution in [3.8, 4) is 0 Å². The molecular formula is C13H18N6O3S2. The van der Waals surface area contributed by atoms with Gasteiger partial charge in [0.2, 0.25) is 11.1 Å². The molecule has 130 valence electrons. The van der Waals surface area contributed by atoms with Crippen LogP contribution in [0.4, 0.5) is 0 Å². The third kappa shape index (κ3) is 3.03. The number of ether oxygens (including phenoxy) is 1. The van der Waals surface area contributed by atoms with Gasteiger partial charge in [0.15, 0.2) is 0 Å². The Morgan fingerprint density at radius 3 is 2.92 bits per heavy atom. The number of hydrogen-bond donors (Lipinski definition) is 1. The maximum atomic E-state index is 12.5. The first kappa shape index (κ1) is 17.2. The van der Waals surface area contributed by atoms with Gasteiger partial charge in [-0.1, -0.05) is 11.8 Å². The Labute approximate surface area is 147 Å². The van der Waals surface area contributed by atoms with Crippen molar-refractivity contribution in [1.82, 2.24) is 25.1 Å². The minimum atomic E-state index is -0.561. The molecule has 1 aromatic rings. The van der Waals surface area contributed by atoms with Gasteiger partial charge in [0.05, 0.1) is 6.10 Å². The average molecular weight is 370 g/mol. The summed E-state index contributed by atoms with van der Waals surface area (Å²) in [5, 5.41) is 11.7. The van der Waals surface area contributed by atoms with Gasteiger partial charge < -0.3 is 10.5 Å². The maximum Gasteiger partial charge on any atom is 0.355 e. The fraction of sp³-hybridized carbons (Fsp3) is 0.615. The molecular weight excluding hydrogens is 352 g/mol. The molecule has 2 aliphatic rings. The SMILES string of the molecule is CC(C)OC(=O)C1=C(CSc2nnnn2C)CS[C@@H]2C(N)C(=O)N12. The first-order chi connectivity index (χ1) is 11.4. The lowest BCUT2D eigenvalue weighted by Gasteiger charge is -2.48. The van der Waals surface area contributed by atoms with Crippen LogP contribution in [-0.2, 0) is 21.4 Å². The largest absolute Gasteiger partial charge is 0.458 e. The first-order valence-electron chi connectivity index (χ1n) is 7.38. The number of thioether (sulfide) groups is 2. The van der Waals surface area contributed by atoms with Gasteiger partial charge in [-0.2, -0.15) is 0 Å². The smallest absolute Gasteiger partial charge is 0.355 e. The number of aromatic nitrogens is 4. The molecule has 1 saturated heterocycles. The zero-order valence-corrected chi connectivity index (χ0v) is 15.1. The van der Waals surface area contributed by atoms with Crippen molar-refractivity contribution in [1.29, 1.82) is 0 Å². The Bertz CT molecular complexity index is 704. The molecule has 2 N–H and O–H groups in total. The number of carbonyl (C=O) groups excluding carboxylic acids is 2. The van der Waals surface area contributed by atoms with Gasteiger partial charge in [-0.3, -0.25) is 9.69 Å². The first-order valence-corrected chi connectivity index (χ1v) is 9.42. The Hall–Kier alpha value is -1.59. The molecule has 11 heteroatoms. The van der Waals surface area contributed by atoms with Crippen LogP contribution in [0, 0.1) is 0 Å². The van der Waals surface area contributed by atoms with Gasteiger partial charge in [0.1, 0.15) is 17.1 Å². The highest BCUT2D eigenvalue weighted by molar-refractivity contribution is 8.01. The van der Waals surface area contributed by atoms with Crippen molar-refractivity contribution < 1.29 is 14.3 Å². The van der Waals surface area contributed by atoms with Crippen LogP contribution >= 0.6 is 23.5 Å². The van der Waals surface area contributed by atoms with E-state index in [1.54, 1.807) is 37.3 Å². The minimum Gasteiger partial charge on any atom is -0.458 e. The highest BCUT2D eigenvalue weighted by Crippen LogP contribution is 2.41. The molecule has 2 atom stereocenters. The number of esters is 1. The number of tetrazole rings is 1. The van der Waals surface area contributed by atoms with E-state index in [2.05, 4.69) is 15.5 Å². The van der Waals surface area contributed by atoms with Gasteiger partial charge >= 0.3 is 5.97 Å². The lowest BCUT2D eigenvalue weighted by molar-refractivity contribution is -0.152. The zero-order valence-electron chi connectivity index (χ0n) is 13.5. The van der Waals surface area contributed by atoms with E-state index in [4.69, 9.17) is 10.5 Å². The van der Waals surface area contributed by atoms with Gasteiger partial charge in [0, 0.05) is 18.6 Å². The van der Waals surface area contributed by atoms with Crippen LogP contribution in [0.2, 0.25) is 0 Å². The summed E-state index contributed by atoms with van der Waals surface area (Å²) >= 11 is 2.97. The molecule has 2 aliphatic heterocycles. The van der Waals surface area contributed by atoms with Gasteiger partial charge in [0.25, 0.3) is 0 Å². The molecule has 3 heterocycles. The Kier molecular flexibility index (Phi) is 4.83. The lowest BCUT2D eigenvalue weighted by Crippen LogP contribution is -2.68. The highest BCUT2D eigenvalue weighted by atomic mass is 32.2. The van der Waals surface area contributed by atoms with E-state index in [9.17, 15) is 9.59 Å². The Morgan fingerprint density at radius 2 is 2.29 bits per heavy atom. The van der Waals surface area contributed by atoms with Crippen LogP contribution in [-0.4, -0.2) is 66.0 Å². The van der Waals surface area contributed by atoms with E-state index in [0.29, 0.717) is 22.4 Å². The number of rotatable bonds is 5. The second kappa shape index (κ2) is 6.73. The van der Waals surface area contributed by atoms with Crippen molar-refractivity contribution in [2.24, 2.45) is 12.8 Å². The van der Waals surface area contributed by atoms with Crippen molar-refractivity contribution in [3.05, 3.63) is 11.3 Å². The van der Waals surface area contributed by atoms with E-state index < -0.39 is 12.0 Å². The summed E-state index contributed by atoms with van der Waals surface area (Å²) in [6, 6.07) is -0.561. The van der Waals surface area contributed by atoms with Gasteiger partial charge in [-0.05, 0) is 29.8 Å². The number of β-lactam (4-membered cyclic amide) rings is 1. The molecule has 0 radical (unpaired) electrons. The molecule has 1 unspecified atom stereocenters. The summed E-state index contributed by atoms with van der Waals surface area (Å²) in [5.74, 6) is 0.381. The normalized spacial score (nSPS) is 23.4. The summed E-state index contributed by atoms with van der Waals surface area (Å²) in [5.41, 5.74) is 6.98. The number of fused-ring (bicyclic) bond motifs is 1. The van der Waals surface area contributed by atoms with Crippen LogP contribution in [0.5, 0.6) is 0 Å². The summed E-state index contributed by atoms with van der Waals surface area (Å²) < 4.78 is 6.88. The zero-order chi connectivity index (χ0) is 17.4. The van der Waals surface area contributed by atoms with E-state index >= 15 is 0 Å². The second-order valence-corrected chi connectivity index (χ2v) is 7.76. The number of nitrogens with zero attached hydrogens (tertiary/aromatic N) is 5. The Balaban J connectivity index is 1.85. The average Bonchev–Trinajstić information content (AvgIpc) is 2.95. The van der Waals surface area contributed by atoms with E-state index in [1.807, 2.05) is 0 Å². The van der Waals surface area contributed by atoms with Crippen molar-refractivity contribution >= 4 is 35.4 Å². The quantitative estimate of drug-likeness (QED) is 0.425. The fourth-order valence-electron chi connectivity index (χ4n) is 2.44. The molecule has 1 fully saturated rings. The van der Waals surface area contributed by atoms with Crippen LogP contribution in [0.25, 0.3) is 0 Å². The lowest BCUT2D eigenvalue weighted by atomic mass is 10.0. The third-order valence-corrected chi connectivity index (χ3v) is 6.04. The molecule has 1 amide bonds. The molecule has 0 aliphatic carbocycles. The van der Waals surface area contributed by atoms with Crippen LogP contribution in [0.3, 0.4) is 0 Å². The van der Waals surface area contributed by atoms with Crippen molar-refractivity contribution in [2.45, 2.75) is 36.5 Å². The molecule has 1 aromatic heterocycles. The summed E-state index contributed by atoms with van der Waals surface area (Å²) in [7, 11) is 1.74. The van der Waals surface area contributed by atoms with Crippen LogP contribution < -0.4 is 5.73 Å². The van der Waals surface area contributed by atoms with Crippen molar-refractivity contribution in [2.75, 3.05) is 11.5 Å². The van der Waals surface area contributed by atoms with E-state index in [-0.39, 0.29) is 17.4 Å². The molecule has 0 spiro atoms. The van der Waals surface area contributed by atoms with Crippen LogP contribution in [0.1, 0.15) is 13.8 Å². The molecule has 9 nitrogen and oxygen atoms in total. The fourth-order valence-corrected chi connectivity index (χ4v) is 4.73. The Morgan fingerprint density at radius 1 is 1.54 bits per heavy atom. The standard InChI is InChI=1S/C13H18N6O3S2/c1-6(2)22-12(21)9-7(5-24-13-15-16-17-18(13)3)4-23-11-8(14)10(20)19(9)11/h6,8,11H,4-5,14H2,1-3H3/t8?,11-/m1/s1. The predicted octanol–water partition coefficient (Wildman–Crippen LogP) is -0.250.